The van der Waals surface area contributed by atoms with Crippen molar-refractivity contribution in [3.63, 3.8) is 0 Å². The third kappa shape index (κ3) is 3.24. The van der Waals surface area contributed by atoms with Gasteiger partial charge < -0.3 is 18.7 Å². The second-order valence-electron chi connectivity index (χ2n) is 7.69. The molecule has 1 amide bonds. The van der Waals surface area contributed by atoms with E-state index in [1.165, 1.54) is 17.4 Å². The number of H-pyrrole nitrogens is 1. The maximum atomic E-state index is 13.9. The van der Waals surface area contributed by atoms with E-state index in [2.05, 4.69) is 24.9 Å². The van der Waals surface area contributed by atoms with Crippen molar-refractivity contribution < 1.29 is 22.4 Å². The van der Waals surface area contributed by atoms with Gasteiger partial charge in [0.05, 0.1) is 12.0 Å². The highest BCUT2D eigenvalue weighted by Crippen LogP contribution is 2.37. The van der Waals surface area contributed by atoms with Gasteiger partial charge in [-0.2, -0.15) is 0 Å². The third-order valence-electron chi connectivity index (χ3n) is 5.67. The molecule has 1 atom stereocenters. The van der Waals surface area contributed by atoms with Gasteiger partial charge in [0.2, 0.25) is 17.5 Å². The van der Waals surface area contributed by atoms with E-state index < -0.39 is 29.8 Å². The van der Waals surface area contributed by atoms with Crippen LogP contribution in [0.3, 0.4) is 0 Å². The van der Waals surface area contributed by atoms with Gasteiger partial charge in [-0.05, 0) is 24.3 Å². The molecule has 0 saturated heterocycles. The van der Waals surface area contributed by atoms with Crippen LogP contribution in [0, 0.1) is 0 Å². The quantitative estimate of drug-likeness (QED) is 0.423. The van der Waals surface area contributed by atoms with Gasteiger partial charge in [-0.1, -0.05) is 18.2 Å². The number of nitrogens with zero attached hydrogens (tertiary/aromatic N) is 5. The highest BCUT2D eigenvalue weighted by atomic mass is 19.3. The van der Waals surface area contributed by atoms with Crippen LogP contribution < -0.4 is 0 Å². The first kappa shape index (κ1) is 20.2. The highest BCUT2D eigenvalue weighted by molar-refractivity contribution is 5.93. The summed E-state index contributed by atoms with van der Waals surface area (Å²) in [5.74, 6) is -1.23. The Balaban J connectivity index is 1.45. The Hall–Kier alpha value is -4.41. The molecule has 9 nitrogen and oxygen atoms in total. The lowest BCUT2D eigenvalue weighted by Gasteiger charge is -2.32. The molecule has 0 radical (unpaired) electrons. The average molecular weight is 462 g/mol. The fraction of sp³-hybridized carbons (Fsp3) is 0.174. The Kier molecular flexibility index (Phi) is 4.68. The molecule has 0 aliphatic carbocycles. The topological polar surface area (TPSA) is 114 Å². The maximum absolute atomic E-state index is 13.9. The Morgan fingerprint density at radius 3 is 2.74 bits per heavy atom. The molecular formula is C23H16F2N6O3. The average Bonchev–Trinajstić information content (AvgIpc) is 3.61. The number of pyridine rings is 1. The predicted molar refractivity (Wildman–Crippen MR) is 114 cm³/mol. The van der Waals surface area contributed by atoms with Crippen LogP contribution in [0.5, 0.6) is 0 Å². The lowest BCUT2D eigenvalue weighted by atomic mass is 10.0. The number of amides is 1. The Morgan fingerprint density at radius 2 is 1.94 bits per heavy atom. The van der Waals surface area contributed by atoms with Gasteiger partial charge in [-0.15, -0.1) is 0 Å². The summed E-state index contributed by atoms with van der Waals surface area (Å²) in [5.41, 5.74) is 2.00. The summed E-state index contributed by atoms with van der Waals surface area (Å²) >= 11 is 0. The first-order chi connectivity index (χ1) is 16.6. The number of imidazole rings is 1. The molecule has 11 heteroatoms. The molecule has 5 heterocycles. The molecule has 1 aromatic carbocycles. The monoisotopic (exact) mass is 462 g/mol. The number of fused-ring (bicyclic) bond motifs is 2. The molecule has 0 fully saturated rings. The molecule has 0 unspecified atom stereocenters. The number of hydrogen-bond donors (Lipinski definition) is 1. The number of alkyl halides is 2. The number of carbonyl (C=O) groups excluding carboxylic acids is 1. The Bertz CT molecular complexity index is 1460. The molecule has 4 aromatic heterocycles. The predicted octanol–water partition coefficient (Wildman–Crippen LogP) is 4.33. The minimum Gasteiger partial charge on any atom is -0.438 e. The molecule has 170 valence electrons. The third-order valence-corrected chi connectivity index (χ3v) is 5.67. The van der Waals surface area contributed by atoms with Crippen molar-refractivity contribution in [2.75, 3.05) is 6.54 Å². The molecular weight excluding hydrogens is 446 g/mol. The normalized spacial score (nSPS) is 15.7. The number of nitrogens with one attached hydrogen (secondary N) is 1. The summed E-state index contributed by atoms with van der Waals surface area (Å²) in [6.45, 7) is 0.208. The number of aromatic nitrogens is 5. The van der Waals surface area contributed by atoms with Crippen LogP contribution >= 0.6 is 0 Å². The van der Waals surface area contributed by atoms with Crippen LogP contribution in [0.25, 0.3) is 22.7 Å². The van der Waals surface area contributed by atoms with Gasteiger partial charge in [0.25, 0.3) is 12.3 Å². The van der Waals surface area contributed by atoms with E-state index in [1.54, 1.807) is 30.3 Å². The second kappa shape index (κ2) is 7.87. The fourth-order valence-electron chi connectivity index (χ4n) is 4.11. The van der Waals surface area contributed by atoms with Gasteiger partial charge in [0.1, 0.15) is 11.2 Å². The van der Waals surface area contributed by atoms with Crippen molar-refractivity contribution in [3.8, 4) is 11.6 Å². The number of halogens is 2. The standard InChI is InChI=1S/C23H16F2N6O3/c24-20(25)17-19(34-21(30-17)14-6-3-4-9-26-14)23(32)31-10-8-13-16(28-11-27-13)18(31)22-29-12-5-1-2-7-15(12)33-22/h1-7,9,11,18,20H,8,10H2,(H,27,28)/t18-/m0/s1. The lowest BCUT2D eigenvalue weighted by molar-refractivity contribution is 0.0621. The Morgan fingerprint density at radius 1 is 1.09 bits per heavy atom. The SMILES string of the molecule is O=C(c1oc(-c2ccccn2)nc1C(F)F)N1CCc2[nH]cnc2[C@H]1c1nc2ccccc2o1. The summed E-state index contributed by atoms with van der Waals surface area (Å²) in [5, 5.41) is 0. The van der Waals surface area contributed by atoms with E-state index in [0.717, 1.165) is 5.69 Å². The number of rotatable bonds is 4. The van der Waals surface area contributed by atoms with Crippen LogP contribution in [0.2, 0.25) is 0 Å². The Labute approximate surface area is 190 Å². The van der Waals surface area contributed by atoms with Crippen molar-refractivity contribution in [1.29, 1.82) is 0 Å². The number of hydrogen-bond acceptors (Lipinski definition) is 7. The minimum absolute atomic E-state index is 0.157. The van der Waals surface area contributed by atoms with Gasteiger partial charge in [0, 0.05) is 24.9 Å². The van der Waals surface area contributed by atoms with E-state index in [0.29, 0.717) is 23.2 Å². The zero-order valence-electron chi connectivity index (χ0n) is 17.5. The van der Waals surface area contributed by atoms with E-state index in [-0.39, 0.29) is 24.0 Å². The zero-order chi connectivity index (χ0) is 23.2. The molecule has 34 heavy (non-hydrogen) atoms. The van der Waals surface area contributed by atoms with Crippen LogP contribution in [0.1, 0.15) is 46.0 Å². The van der Waals surface area contributed by atoms with Crippen molar-refractivity contribution in [2.24, 2.45) is 0 Å². The van der Waals surface area contributed by atoms with Crippen LogP contribution in [0.15, 0.2) is 63.8 Å². The van der Waals surface area contributed by atoms with Crippen molar-refractivity contribution in [3.05, 3.63) is 83.7 Å². The van der Waals surface area contributed by atoms with Crippen LogP contribution in [-0.4, -0.2) is 42.3 Å². The number of benzene rings is 1. The smallest absolute Gasteiger partial charge is 0.292 e. The first-order valence-corrected chi connectivity index (χ1v) is 10.5. The summed E-state index contributed by atoms with van der Waals surface area (Å²) < 4.78 is 39.2. The van der Waals surface area contributed by atoms with E-state index in [4.69, 9.17) is 8.83 Å². The van der Waals surface area contributed by atoms with Crippen molar-refractivity contribution in [2.45, 2.75) is 18.9 Å². The molecule has 1 N–H and O–H groups in total. The fourth-order valence-corrected chi connectivity index (χ4v) is 4.11. The number of carbonyl (C=O) groups is 1. The largest absolute Gasteiger partial charge is 0.438 e. The molecule has 0 bridgehead atoms. The lowest BCUT2D eigenvalue weighted by Crippen LogP contribution is -2.41. The number of oxazole rings is 2. The summed E-state index contributed by atoms with van der Waals surface area (Å²) in [6, 6.07) is 11.3. The summed E-state index contributed by atoms with van der Waals surface area (Å²) in [6.07, 6.45) is 0.430. The van der Waals surface area contributed by atoms with Crippen molar-refractivity contribution >= 4 is 17.0 Å². The second-order valence-corrected chi connectivity index (χ2v) is 7.69. The molecule has 0 saturated carbocycles. The number of aromatic amines is 1. The van der Waals surface area contributed by atoms with Crippen molar-refractivity contribution in [1.82, 2.24) is 29.8 Å². The van der Waals surface area contributed by atoms with Crippen LogP contribution in [-0.2, 0) is 6.42 Å². The maximum Gasteiger partial charge on any atom is 0.292 e. The number of para-hydroxylation sites is 2. The van der Waals surface area contributed by atoms with Gasteiger partial charge in [-0.25, -0.2) is 23.7 Å². The van der Waals surface area contributed by atoms with Gasteiger partial charge >= 0.3 is 0 Å². The molecule has 0 spiro atoms. The summed E-state index contributed by atoms with van der Waals surface area (Å²) in [7, 11) is 0. The summed E-state index contributed by atoms with van der Waals surface area (Å²) in [4.78, 5) is 34.9. The highest BCUT2D eigenvalue weighted by Gasteiger charge is 2.41. The molecule has 5 aromatic rings. The van der Waals surface area contributed by atoms with Crippen LogP contribution in [0.4, 0.5) is 8.78 Å². The van der Waals surface area contributed by atoms with Gasteiger partial charge in [0.15, 0.2) is 17.3 Å². The molecule has 1 aliphatic heterocycles. The van der Waals surface area contributed by atoms with E-state index >= 15 is 0 Å². The first-order valence-electron chi connectivity index (χ1n) is 10.5. The molecule has 1 aliphatic rings. The van der Waals surface area contributed by atoms with E-state index in [1.807, 2.05) is 12.1 Å². The molecule has 6 rings (SSSR count). The van der Waals surface area contributed by atoms with Gasteiger partial charge in [-0.3, -0.25) is 9.78 Å². The van der Waals surface area contributed by atoms with E-state index in [9.17, 15) is 13.6 Å². The zero-order valence-corrected chi connectivity index (χ0v) is 17.5. The minimum atomic E-state index is -3.02.